The maximum absolute atomic E-state index is 13.7. The smallest absolute Gasteiger partial charge is 0.475 e. The minimum atomic E-state index is -5.08. The SMILES string of the molecule is NCCCC[C@@H]1NC(=O)[C@H](CCCCN)NC(=O)[C@@H](Cc2ccccc2)NC(=O)CCNC(=O)CNC(=O)[C@H](N=C(N)N)CCOCNC1=O.O=C(O)C(F)(F)F. The predicted molar refractivity (Wildman–Crippen MR) is 199 cm³/mol. The van der Waals surface area contributed by atoms with E-state index < -0.39 is 78.3 Å². The number of alkyl halides is 3. The summed E-state index contributed by atoms with van der Waals surface area (Å²) in [5.74, 6) is -6.56. The number of aliphatic imine (C=N–C) groups is 1. The van der Waals surface area contributed by atoms with Gasteiger partial charge < -0.3 is 64.7 Å². The van der Waals surface area contributed by atoms with Crippen LogP contribution in [0.4, 0.5) is 13.2 Å². The lowest BCUT2D eigenvalue weighted by molar-refractivity contribution is -0.192. The van der Waals surface area contributed by atoms with E-state index in [4.69, 9.17) is 37.6 Å². The van der Waals surface area contributed by atoms with Gasteiger partial charge in [-0.25, -0.2) is 9.79 Å². The molecule has 1 heterocycles. The molecule has 4 atom stereocenters. The van der Waals surface area contributed by atoms with E-state index in [1.54, 1.807) is 24.3 Å². The number of carboxylic acid groups (broad SMARTS) is 1. The number of carboxylic acids is 1. The highest BCUT2D eigenvalue weighted by Gasteiger charge is 2.38. The number of carbonyl (C=O) groups is 7. The minimum Gasteiger partial charge on any atom is -0.475 e. The maximum Gasteiger partial charge on any atom is 0.490 e. The van der Waals surface area contributed by atoms with Crippen molar-refractivity contribution in [2.45, 2.75) is 88.1 Å². The highest BCUT2D eigenvalue weighted by atomic mass is 19.4. The molecule has 1 aromatic rings. The van der Waals surface area contributed by atoms with E-state index in [2.05, 4.69) is 36.9 Å². The van der Waals surface area contributed by atoms with Gasteiger partial charge in [0.25, 0.3) is 0 Å². The Hall–Kier alpha value is -5.55. The van der Waals surface area contributed by atoms with Crippen LogP contribution in [0.25, 0.3) is 0 Å². The van der Waals surface area contributed by atoms with Gasteiger partial charge in [-0.2, -0.15) is 13.2 Å². The zero-order valence-electron chi connectivity index (χ0n) is 31.4. The van der Waals surface area contributed by atoms with Crippen LogP contribution < -0.4 is 54.8 Å². The number of rotatable bonds is 11. The van der Waals surface area contributed by atoms with E-state index in [0.29, 0.717) is 38.8 Å². The van der Waals surface area contributed by atoms with Gasteiger partial charge in [0.15, 0.2) is 5.96 Å². The average Bonchev–Trinajstić information content (AvgIpc) is 3.15. The fraction of sp³-hybridized carbons (Fsp3) is 0.588. The summed E-state index contributed by atoms with van der Waals surface area (Å²) in [4.78, 5) is 91.4. The third-order valence-corrected chi connectivity index (χ3v) is 7.93. The molecule has 15 N–H and O–H groups in total. The van der Waals surface area contributed by atoms with Gasteiger partial charge in [-0.3, -0.25) is 28.8 Å². The first-order chi connectivity index (χ1) is 27.0. The lowest BCUT2D eigenvalue weighted by Gasteiger charge is -2.25. The van der Waals surface area contributed by atoms with Crippen molar-refractivity contribution in [2.75, 3.05) is 39.5 Å². The second kappa shape index (κ2) is 27.1. The van der Waals surface area contributed by atoms with Crippen LogP contribution in [0.15, 0.2) is 35.3 Å². The Balaban J connectivity index is 0.00000211. The molecule has 0 saturated carbocycles. The summed E-state index contributed by atoms with van der Waals surface area (Å²) in [5, 5.41) is 23.0. The standard InChI is InChI=1S/C32H53N11O7.C2HF3O2/c33-14-6-4-10-22-29(47)39-20-50-17-13-24(43-32(35)36)28(46)38-19-27(45)37-16-12-26(44)40-25(18-21-8-2-1-3-9-21)31(49)42-23(30(48)41-22)11-5-7-15-34;3-2(4,5)1(6)7/h1-3,8-9,22-25H,4-7,10-20,33-34H2,(H,37,45)(H,38,46)(H,39,47)(H,40,44)(H,41,48)(H,42,49)(H4,35,36,43);(H,6,7)/t22-,23-,24+,25+;/m0./s1. The topological polar surface area (TPSA) is 338 Å². The summed E-state index contributed by atoms with van der Waals surface area (Å²) >= 11 is 0. The molecule has 6 amide bonds. The van der Waals surface area contributed by atoms with Crippen molar-refractivity contribution in [2.24, 2.45) is 27.9 Å². The molecule has 0 spiro atoms. The van der Waals surface area contributed by atoms with Gasteiger partial charge in [0.1, 0.15) is 30.9 Å². The number of nitrogens with two attached hydrogens (primary N) is 4. The zero-order chi connectivity index (χ0) is 42.8. The summed E-state index contributed by atoms with van der Waals surface area (Å²) in [5.41, 5.74) is 23.0. The van der Waals surface area contributed by atoms with Gasteiger partial charge in [-0.15, -0.1) is 0 Å². The van der Waals surface area contributed by atoms with E-state index in [-0.39, 0.29) is 57.9 Å². The molecule has 1 fully saturated rings. The van der Waals surface area contributed by atoms with Crippen LogP contribution in [0.3, 0.4) is 0 Å². The number of unbranched alkanes of at least 4 members (excludes halogenated alkanes) is 2. The van der Waals surface area contributed by atoms with Crippen molar-refractivity contribution in [1.82, 2.24) is 31.9 Å². The normalized spacial score (nSPS) is 21.1. The molecule has 0 aliphatic carbocycles. The molecule has 1 aromatic carbocycles. The maximum atomic E-state index is 13.7. The van der Waals surface area contributed by atoms with Crippen LogP contribution in [0, 0.1) is 0 Å². The average molecular weight is 818 g/mol. The number of nitrogens with zero attached hydrogens (tertiary/aromatic N) is 1. The number of halogens is 3. The molecular formula is C34H54F3N11O9. The van der Waals surface area contributed by atoms with E-state index in [9.17, 15) is 41.9 Å². The number of aliphatic carboxylic acids is 1. The van der Waals surface area contributed by atoms with Crippen LogP contribution in [-0.2, 0) is 44.7 Å². The molecule has 1 aliphatic rings. The molecule has 0 radical (unpaired) electrons. The fourth-order valence-electron chi connectivity index (χ4n) is 5.00. The van der Waals surface area contributed by atoms with Crippen LogP contribution in [0.1, 0.15) is 56.9 Å². The Kier molecular flexibility index (Phi) is 23.5. The van der Waals surface area contributed by atoms with Crippen molar-refractivity contribution in [1.29, 1.82) is 0 Å². The van der Waals surface area contributed by atoms with Crippen molar-refractivity contribution < 1.29 is 56.6 Å². The number of carbonyl (C=O) groups excluding carboxylic acids is 6. The fourth-order valence-corrected chi connectivity index (χ4v) is 5.00. The number of guanidine groups is 1. The number of benzene rings is 1. The Morgan fingerprint density at radius 2 is 1.33 bits per heavy atom. The molecule has 1 saturated heterocycles. The highest BCUT2D eigenvalue weighted by molar-refractivity contribution is 5.94. The molecular weight excluding hydrogens is 763 g/mol. The molecule has 0 aromatic heterocycles. The predicted octanol–water partition coefficient (Wildman–Crippen LogP) is -2.67. The molecule has 1 aliphatic heterocycles. The first kappa shape index (κ1) is 49.5. The van der Waals surface area contributed by atoms with Gasteiger partial charge in [0, 0.05) is 25.8 Å². The van der Waals surface area contributed by atoms with Crippen LogP contribution >= 0.6 is 0 Å². The van der Waals surface area contributed by atoms with E-state index in [1.807, 2.05) is 6.07 Å². The first-order valence-electron chi connectivity index (χ1n) is 18.1. The Bertz CT molecular complexity index is 1480. The summed E-state index contributed by atoms with van der Waals surface area (Å²) in [7, 11) is 0. The number of nitrogens with one attached hydrogen (secondary N) is 6. The number of amides is 6. The third-order valence-electron chi connectivity index (χ3n) is 7.93. The highest BCUT2D eigenvalue weighted by Crippen LogP contribution is 2.13. The van der Waals surface area contributed by atoms with Gasteiger partial charge >= 0.3 is 12.1 Å². The Morgan fingerprint density at radius 1 is 0.772 bits per heavy atom. The largest absolute Gasteiger partial charge is 0.490 e. The van der Waals surface area contributed by atoms with Gasteiger partial charge in [0.05, 0.1) is 13.2 Å². The van der Waals surface area contributed by atoms with Crippen molar-refractivity contribution in [3.05, 3.63) is 35.9 Å². The van der Waals surface area contributed by atoms with Crippen molar-refractivity contribution in [3.63, 3.8) is 0 Å². The van der Waals surface area contributed by atoms with E-state index in [1.165, 1.54) is 0 Å². The van der Waals surface area contributed by atoms with Crippen molar-refractivity contribution in [3.8, 4) is 0 Å². The molecule has 320 valence electrons. The van der Waals surface area contributed by atoms with Gasteiger partial charge in [0.2, 0.25) is 35.4 Å². The molecule has 2 rings (SSSR count). The lowest BCUT2D eigenvalue weighted by Crippen LogP contribution is -2.57. The molecule has 0 bridgehead atoms. The minimum absolute atomic E-state index is 0.0202. The monoisotopic (exact) mass is 817 g/mol. The van der Waals surface area contributed by atoms with Crippen LogP contribution in [0.2, 0.25) is 0 Å². The summed E-state index contributed by atoms with van der Waals surface area (Å²) in [6, 6.07) is 4.85. The van der Waals surface area contributed by atoms with Gasteiger partial charge in [-0.1, -0.05) is 30.3 Å². The second-order valence-electron chi connectivity index (χ2n) is 12.6. The van der Waals surface area contributed by atoms with Crippen molar-refractivity contribution >= 4 is 47.4 Å². The number of ether oxygens (including phenoxy) is 1. The molecule has 57 heavy (non-hydrogen) atoms. The molecule has 0 unspecified atom stereocenters. The third kappa shape index (κ3) is 22.0. The zero-order valence-corrected chi connectivity index (χ0v) is 31.4. The quantitative estimate of drug-likeness (QED) is 0.0618. The number of hydrogen-bond donors (Lipinski definition) is 11. The second-order valence-corrected chi connectivity index (χ2v) is 12.6. The summed E-state index contributed by atoms with van der Waals surface area (Å²) in [6.07, 6.45) is -2.35. The Morgan fingerprint density at radius 3 is 1.88 bits per heavy atom. The lowest BCUT2D eigenvalue weighted by atomic mass is 10.0. The van der Waals surface area contributed by atoms with Gasteiger partial charge in [-0.05, 0) is 57.2 Å². The van der Waals surface area contributed by atoms with E-state index >= 15 is 0 Å². The number of hydrogen-bond acceptors (Lipinski definition) is 11. The van der Waals surface area contributed by atoms with Crippen LogP contribution in [0.5, 0.6) is 0 Å². The molecule has 20 nitrogen and oxygen atoms in total. The Labute approximate surface area is 327 Å². The first-order valence-corrected chi connectivity index (χ1v) is 18.1. The van der Waals surface area contributed by atoms with E-state index in [0.717, 1.165) is 5.56 Å². The summed E-state index contributed by atoms with van der Waals surface area (Å²) < 4.78 is 37.2. The molecule has 23 heteroatoms. The van der Waals surface area contributed by atoms with Crippen LogP contribution in [-0.4, -0.2) is 122 Å². The summed E-state index contributed by atoms with van der Waals surface area (Å²) in [6.45, 7) is -0.00958.